The summed E-state index contributed by atoms with van der Waals surface area (Å²) in [6.45, 7) is 15.4. The molecule has 0 amide bonds. The highest BCUT2D eigenvalue weighted by Gasteiger charge is 2.39. The SMILES string of the molecule is CCOC1=C(OCC)C(c2ccc(-c3ccc(C4C(OCC)=C(OCC)c5c(OCC)cccc54)cc3)cc2)c2cccc(OCC)c21. The van der Waals surface area contributed by atoms with Gasteiger partial charge in [0.15, 0.2) is 23.0 Å². The summed E-state index contributed by atoms with van der Waals surface area (Å²) in [5.74, 6) is 4.72. The Labute approximate surface area is 284 Å². The van der Waals surface area contributed by atoms with Crippen molar-refractivity contribution in [2.24, 2.45) is 0 Å². The molecule has 6 rings (SSSR count). The highest BCUT2D eigenvalue weighted by molar-refractivity contribution is 5.80. The number of hydrogen-bond donors (Lipinski definition) is 0. The second-order valence-electron chi connectivity index (χ2n) is 11.5. The van der Waals surface area contributed by atoms with Gasteiger partial charge >= 0.3 is 0 Å². The highest BCUT2D eigenvalue weighted by Crippen LogP contribution is 2.51. The van der Waals surface area contributed by atoms with E-state index in [1.54, 1.807) is 0 Å². The summed E-state index contributed by atoms with van der Waals surface area (Å²) in [6, 6.07) is 30.0. The van der Waals surface area contributed by atoms with Crippen LogP contribution in [-0.2, 0) is 18.9 Å². The van der Waals surface area contributed by atoms with Crippen molar-refractivity contribution in [3.63, 3.8) is 0 Å². The zero-order valence-corrected chi connectivity index (χ0v) is 28.9. The van der Waals surface area contributed by atoms with Gasteiger partial charge in [-0.3, -0.25) is 0 Å². The van der Waals surface area contributed by atoms with Crippen molar-refractivity contribution in [3.05, 3.63) is 130 Å². The fraction of sp³-hybridized carbons (Fsp3) is 0.333. The van der Waals surface area contributed by atoms with Gasteiger partial charge in [-0.25, -0.2) is 0 Å². The van der Waals surface area contributed by atoms with Gasteiger partial charge in [0.05, 0.1) is 62.6 Å². The molecule has 2 aliphatic rings. The Hall–Kier alpha value is -4.84. The van der Waals surface area contributed by atoms with Gasteiger partial charge in [0.2, 0.25) is 0 Å². The van der Waals surface area contributed by atoms with Crippen molar-refractivity contribution in [2.75, 3.05) is 39.6 Å². The maximum absolute atomic E-state index is 6.29. The van der Waals surface area contributed by atoms with Gasteiger partial charge in [-0.15, -0.1) is 0 Å². The van der Waals surface area contributed by atoms with Gasteiger partial charge in [-0.05, 0) is 87.1 Å². The normalized spacial score (nSPS) is 16.5. The molecular weight excluding hydrogens is 600 g/mol. The van der Waals surface area contributed by atoms with Crippen molar-refractivity contribution < 1.29 is 28.4 Å². The van der Waals surface area contributed by atoms with Crippen LogP contribution in [0.4, 0.5) is 0 Å². The molecule has 0 aromatic heterocycles. The van der Waals surface area contributed by atoms with Crippen LogP contribution in [-0.4, -0.2) is 39.6 Å². The van der Waals surface area contributed by atoms with Crippen molar-refractivity contribution >= 4 is 11.5 Å². The molecule has 6 nitrogen and oxygen atoms in total. The van der Waals surface area contributed by atoms with Crippen molar-refractivity contribution in [3.8, 4) is 22.6 Å². The van der Waals surface area contributed by atoms with Crippen LogP contribution >= 0.6 is 0 Å². The highest BCUT2D eigenvalue weighted by atomic mass is 16.5. The molecule has 0 N–H and O–H groups in total. The molecule has 0 heterocycles. The lowest BCUT2D eigenvalue weighted by molar-refractivity contribution is 0.198. The van der Waals surface area contributed by atoms with Crippen LogP contribution in [0.3, 0.4) is 0 Å². The fourth-order valence-corrected chi connectivity index (χ4v) is 6.99. The molecule has 0 saturated heterocycles. The summed E-state index contributed by atoms with van der Waals surface area (Å²) in [5, 5.41) is 0. The second kappa shape index (κ2) is 14.9. The Bertz CT molecular complexity index is 1650. The van der Waals surface area contributed by atoms with Gasteiger partial charge in [-0.1, -0.05) is 72.8 Å². The van der Waals surface area contributed by atoms with Gasteiger partial charge < -0.3 is 28.4 Å². The van der Waals surface area contributed by atoms with Crippen LogP contribution in [0.2, 0.25) is 0 Å². The Morgan fingerprint density at radius 1 is 0.396 bits per heavy atom. The molecule has 2 atom stereocenters. The van der Waals surface area contributed by atoms with E-state index in [4.69, 9.17) is 28.4 Å². The van der Waals surface area contributed by atoms with Gasteiger partial charge in [0, 0.05) is 0 Å². The third-order valence-electron chi connectivity index (χ3n) is 8.76. The first kappa shape index (κ1) is 33.1. The van der Waals surface area contributed by atoms with Crippen molar-refractivity contribution in [2.45, 2.75) is 53.4 Å². The fourth-order valence-electron chi connectivity index (χ4n) is 6.99. The number of hydrogen-bond acceptors (Lipinski definition) is 6. The quantitative estimate of drug-likeness (QED) is 0.128. The van der Waals surface area contributed by atoms with Gasteiger partial charge in [0.1, 0.15) is 11.5 Å². The van der Waals surface area contributed by atoms with E-state index < -0.39 is 0 Å². The number of rotatable bonds is 15. The predicted octanol–water partition coefficient (Wildman–Crippen LogP) is 9.93. The van der Waals surface area contributed by atoms with Crippen LogP contribution in [0.5, 0.6) is 11.5 Å². The summed E-state index contributed by atoms with van der Waals surface area (Å²) < 4.78 is 37.1. The summed E-state index contributed by atoms with van der Waals surface area (Å²) in [5.41, 5.74) is 8.82. The van der Waals surface area contributed by atoms with E-state index in [0.29, 0.717) is 39.6 Å². The smallest absolute Gasteiger partial charge is 0.169 e. The maximum Gasteiger partial charge on any atom is 0.169 e. The van der Waals surface area contributed by atoms with E-state index >= 15 is 0 Å². The average molecular weight is 647 g/mol. The zero-order chi connectivity index (χ0) is 33.6. The van der Waals surface area contributed by atoms with Gasteiger partial charge in [-0.2, -0.15) is 0 Å². The van der Waals surface area contributed by atoms with E-state index in [1.807, 2.05) is 53.7 Å². The molecule has 0 aliphatic heterocycles. The van der Waals surface area contributed by atoms with Crippen LogP contribution in [0.1, 0.15) is 86.8 Å². The first-order valence-electron chi connectivity index (χ1n) is 17.3. The second-order valence-corrected chi connectivity index (χ2v) is 11.5. The predicted molar refractivity (Wildman–Crippen MR) is 191 cm³/mol. The summed E-state index contributed by atoms with van der Waals surface area (Å²) in [4.78, 5) is 0. The van der Waals surface area contributed by atoms with Crippen LogP contribution < -0.4 is 9.47 Å². The molecule has 0 radical (unpaired) electrons. The molecule has 0 fully saturated rings. The third-order valence-corrected chi connectivity index (χ3v) is 8.76. The van der Waals surface area contributed by atoms with E-state index in [-0.39, 0.29) is 11.8 Å². The van der Waals surface area contributed by atoms with Crippen LogP contribution in [0.15, 0.2) is 96.4 Å². The summed E-state index contributed by atoms with van der Waals surface area (Å²) in [7, 11) is 0. The topological polar surface area (TPSA) is 55.4 Å². The molecule has 4 aromatic rings. The summed E-state index contributed by atoms with van der Waals surface area (Å²) >= 11 is 0. The van der Waals surface area contributed by atoms with Crippen molar-refractivity contribution in [1.82, 2.24) is 0 Å². The molecule has 2 unspecified atom stereocenters. The van der Waals surface area contributed by atoms with Gasteiger partial charge in [0.25, 0.3) is 0 Å². The van der Waals surface area contributed by atoms with Crippen LogP contribution in [0.25, 0.3) is 22.6 Å². The summed E-state index contributed by atoms with van der Waals surface area (Å²) in [6.07, 6.45) is 0. The van der Waals surface area contributed by atoms with E-state index in [9.17, 15) is 0 Å². The third kappa shape index (κ3) is 6.00. The average Bonchev–Trinajstić information content (AvgIpc) is 3.59. The lowest BCUT2D eigenvalue weighted by Gasteiger charge is -2.19. The Morgan fingerprint density at radius 2 is 0.750 bits per heavy atom. The number of fused-ring (bicyclic) bond motifs is 2. The Morgan fingerprint density at radius 3 is 1.08 bits per heavy atom. The minimum atomic E-state index is -0.0781. The van der Waals surface area contributed by atoms with Crippen molar-refractivity contribution in [1.29, 1.82) is 0 Å². The molecule has 0 saturated carbocycles. The number of benzene rings is 4. The molecular formula is C42H46O6. The largest absolute Gasteiger partial charge is 0.493 e. The first-order valence-corrected chi connectivity index (χ1v) is 17.3. The lowest BCUT2D eigenvalue weighted by Crippen LogP contribution is -2.06. The molecule has 2 aliphatic carbocycles. The van der Waals surface area contributed by atoms with E-state index in [0.717, 1.165) is 79.0 Å². The standard InChI is InChI=1S/C42H46O6/c1-7-43-33-17-13-15-31-35(39(45-9-3)41(37(31)33)47-11-5)29-23-19-27(20-24-29)28-21-25-30(26-22-28)36-32-16-14-18-34(44-8-2)38(32)42(48-12-6)40(36)46-10-4/h13-26,35-36H,7-12H2,1-6H3. The van der Waals surface area contributed by atoms with E-state index in [1.165, 1.54) is 0 Å². The first-order chi connectivity index (χ1) is 23.6. The number of allylic oxidation sites excluding steroid dienone is 2. The Kier molecular flexibility index (Phi) is 10.3. The molecule has 6 heteroatoms. The number of ether oxygens (including phenoxy) is 6. The molecule has 0 spiro atoms. The molecule has 250 valence electrons. The minimum absolute atomic E-state index is 0.0781. The lowest BCUT2D eigenvalue weighted by atomic mass is 9.89. The zero-order valence-electron chi connectivity index (χ0n) is 28.9. The van der Waals surface area contributed by atoms with Crippen LogP contribution in [0, 0.1) is 0 Å². The monoisotopic (exact) mass is 646 g/mol. The van der Waals surface area contributed by atoms with E-state index in [2.05, 4.69) is 72.8 Å². The maximum atomic E-state index is 6.29. The minimum Gasteiger partial charge on any atom is -0.493 e. The molecule has 4 aromatic carbocycles. The molecule has 48 heavy (non-hydrogen) atoms. The molecule has 0 bridgehead atoms. The Balaban J connectivity index is 1.33.